The van der Waals surface area contributed by atoms with Gasteiger partial charge in [0.2, 0.25) is 6.29 Å². The van der Waals surface area contributed by atoms with Crippen LogP contribution in [0.25, 0.3) is 0 Å². The average molecular weight is 371 g/mol. The van der Waals surface area contributed by atoms with Gasteiger partial charge in [0.1, 0.15) is 23.9 Å². The van der Waals surface area contributed by atoms with Gasteiger partial charge in [-0.1, -0.05) is 30.3 Å². The van der Waals surface area contributed by atoms with Gasteiger partial charge in [-0.25, -0.2) is 4.79 Å². The molecule has 144 valence electrons. The van der Waals surface area contributed by atoms with Gasteiger partial charge in [0.05, 0.1) is 5.69 Å². The van der Waals surface area contributed by atoms with Gasteiger partial charge in [0, 0.05) is 18.4 Å². The summed E-state index contributed by atoms with van der Waals surface area (Å²) in [6.45, 7) is 5.38. The van der Waals surface area contributed by atoms with E-state index in [1.165, 1.54) is 18.1 Å². The summed E-state index contributed by atoms with van der Waals surface area (Å²) in [6.07, 6.45) is 3.36. The SMILES string of the molecule is CC(C)(C)OC(=O)n1nc(CC(Cc2ccccc2)C2OC=CO2)cc1N. The predicted octanol–water partition coefficient (Wildman–Crippen LogP) is 3.49. The van der Waals surface area contributed by atoms with Crippen molar-refractivity contribution in [1.29, 1.82) is 0 Å². The van der Waals surface area contributed by atoms with Crippen molar-refractivity contribution < 1.29 is 19.0 Å². The van der Waals surface area contributed by atoms with E-state index >= 15 is 0 Å². The number of carbonyl (C=O) groups is 1. The van der Waals surface area contributed by atoms with Crippen molar-refractivity contribution in [2.75, 3.05) is 5.73 Å². The third kappa shape index (κ3) is 5.03. The Labute approximate surface area is 158 Å². The average Bonchev–Trinajstić information content (AvgIpc) is 3.23. The van der Waals surface area contributed by atoms with E-state index in [-0.39, 0.29) is 11.7 Å². The van der Waals surface area contributed by atoms with E-state index < -0.39 is 18.0 Å². The fourth-order valence-corrected chi connectivity index (χ4v) is 2.92. The molecular weight excluding hydrogens is 346 g/mol. The molecule has 7 nitrogen and oxygen atoms in total. The number of rotatable bonds is 5. The van der Waals surface area contributed by atoms with Crippen molar-refractivity contribution >= 4 is 11.9 Å². The predicted molar refractivity (Wildman–Crippen MR) is 101 cm³/mol. The van der Waals surface area contributed by atoms with Gasteiger partial charge in [0.25, 0.3) is 0 Å². The van der Waals surface area contributed by atoms with Crippen molar-refractivity contribution in [2.24, 2.45) is 5.92 Å². The second-order valence-electron chi connectivity index (χ2n) is 7.52. The van der Waals surface area contributed by atoms with Gasteiger partial charge < -0.3 is 19.9 Å². The summed E-state index contributed by atoms with van der Waals surface area (Å²) in [5.74, 6) is 0.243. The minimum absolute atomic E-state index is 0.00351. The molecule has 0 bridgehead atoms. The summed E-state index contributed by atoms with van der Waals surface area (Å²) in [6, 6.07) is 11.8. The number of nitrogens with zero attached hydrogens (tertiary/aromatic N) is 2. The lowest BCUT2D eigenvalue weighted by Crippen LogP contribution is -2.29. The topological polar surface area (TPSA) is 88.6 Å². The zero-order chi connectivity index (χ0) is 19.4. The largest absolute Gasteiger partial charge is 0.459 e. The Morgan fingerprint density at radius 3 is 2.52 bits per heavy atom. The lowest BCUT2D eigenvalue weighted by molar-refractivity contribution is -0.0666. The molecule has 1 aromatic carbocycles. The molecule has 0 amide bonds. The highest BCUT2D eigenvalue weighted by atomic mass is 16.7. The van der Waals surface area contributed by atoms with Crippen LogP contribution >= 0.6 is 0 Å². The van der Waals surface area contributed by atoms with E-state index in [1.54, 1.807) is 26.8 Å². The molecule has 7 heteroatoms. The zero-order valence-electron chi connectivity index (χ0n) is 15.8. The minimum Gasteiger partial charge on any atom is -0.459 e. The molecule has 2 N–H and O–H groups in total. The Morgan fingerprint density at radius 2 is 1.89 bits per heavy atom. The molecule has 1 aromatic heterocycles. The molecule has 0 saturated heterocycles. The molecule has 3 rings (SSSR count). The van der Waals surface area contributed by atoms with Gasteiger partial charge in [0.15, 0.2) is 0 Å². The highest BCUT2D eigenvalue weighted by Crippen LogP contribution is 2.25. The maximum Gasteiger partial charge on any atom is 0.437 e. The van der Waals surface area contributed by atoms with Crippen LogP contribution in [0.1, 0.15) is 32.0 Å². The highest BCUT2D eigenvalue weighted by Gasteiger charge is 2.28. The molecular formula is C20H25N3O4. The molecule has 0 saturated carbocycles. The number of hydrogen-bond acceptors (Lipinski definition) is 6. The third-order valence-corrected chi connectivity index (χ3v) is 4.03. The van der Waals surface area contributed by atoms with Crippen molar-refractivity contribution in [3.8, 4) is 0 Å². The first-order valence-electron chi connectivity index (χ1n) is 8.89. The van der Waals surface area contributed by atoms with Crippen LogP contribution in [0.3, 0.4) is 0 Å². The van der Waals surface area contributed by atoms with Crippen molar-refractivity contribution in [1.82, 2.24) is 9.78 Å². The number of aromatic nitrogens is 2. The summed E-state index contributed by atoms with van der Waals surface area (Å²) in [4.78, 5) is 12.3. The Morgan fingerprint density at radius 1 is 1.22 bits per heavy atom. The molecule has 27 heavy (non-hydrogen) atoms. The zero-order valence-corrected chi connectivity index (χ0v) is 15.8. The summed E-state index contributed by atoms with van der Waals surface area (Å²) in [5, 5.41) is 4.33. The Bertz CT molecular complexity index is 800. The normalized spacial score (nSPS) is 15.2. The number of ether oxygens (including phenoxy) is 3. The van der Waals surface area contributed by atoms with E-state index in [0.717, 1.165) is 11.1 Å². The fourth-order valence-electron chi connectivity index (χ4n) is 2.92. The van der Waals surface area contributed by atoms with Crippen LogP contribution in [0.5, 0.6) is 0 Å². The smallest absolute Gasteiger partial charge is 0.437 e. The fraction of sp³-hybridized carbons (Fsp3) is 0.400. The van der Waals surface area contributed by atoms with Gasteiger partial charge in [-0.3, -0.25) is 0 Å². The number of carbonyl (C=O) groups excluding carboxylic acids is 1. The monoisotopic (exact) mass is 371 g/mol. The molecule has 1 atom stereocenters. The molecule has 0 radical (unpaired) electrons. The lowest BCUT2D eigenvalue weighted by atomic mass is 9.94. The van der Waals surface area contributed by atoms with E-state index in [9.17, 15) is 4.79 Å². The quantitative estimate of drug-likeness (QED) is 0.865. The van der Waals surface area contributed by atoms with E-state index in [4.69, 9.17) is 19.9 Å². The minimum atomic E-state index is -0.622. The first-order chi connectivity index (χ1) is 12.8. The summed E-state index contributed by atoms with van der Waals surface area (Å²) < 4.78 is 17.5. The van der Waals surface area contributed by atoms with Crippen molar-refractivity contribution in [3.63, 3.8) is 0 Å². The van der Waals surface area contributed by atoms with Crippen LogP contribution in [0.4, 0.5) is 10.6 Å². The number of nitrogens with two attached hydrogens (primary N) is 1. The molecule has 0 spiro atoms. The molecule has 2 heterocycles. The number of benzene rings is 1. The molecule has 1 aliphatic rings. The summed E-state index contributed by atoms with van der Waals surface area (Å²) >= 11 is 0. The molecule has 0 fully saturated rings. The maximum absolute atomic E-state index is 12.3. The van der Waals surface area contributed by atoms with Crippen LogP contribution in [0.15, 0.2) is 48.9 Å². The first kappa shape index (κ1) is 18.8. The van der Waals surface area contributed by atoms with E-state index in [1.807, 2.05) is 18.2 Å². The summed E-state index contributed by atoms with van der Waals surface area (Å²) in [5.41, 5.74) is 7.19. The van der Waals surface area contributed by atoms with Crippen LogP contribution in [0.2, 0.25) is 0 Å². The number of anilines is 1. The van der Waals surface area contributed by atoms with Gasteiger partial charge in [-0.15, -0.1) is 4.68 Å². The van der Waals surface area contributed by atoms with E-state index in [0.29, 0.717) is 12.1 Å². The number of hydrogen-bond donors (Lipinski definition) is 1. The molecule has 2 aromatic rings. The van der Waals surface area contributed by atoms with Gasteiger partial charge in [-0.2, -0.15) is 5.10 Å². The highest BCUT2D eigenvalue weighted by molar-refractivity contribution is 5.73. The van der Waals surface area contributed by atoms with Crippen LogP contribution < -0.4 is 5.73 Å². The second kappa shape index (κ2) is 7.73. The van der Waals surface area contributed by atoms with E-state index in [2.05, 4.69) is 17.2 Å². The first-order valence-corrected chi connectivity index (χ1v) is 8.89. The summed E-state index contributed by atoms with van der Waals surface area (Å²) in [7, 11) is 0. The van der Waals surface area contributed by atoms with Crippen molar-refractivity contribution in [3.05, 3.63) is 60.2 Å². The molecule has 1 aliphatic heterocycles. The van der Waals surface area contributed by atoms with Gasteiger partial charge in [-0.05, 0) is 32.8 Å². The third-order valence-electron chi connectivity index (χ3n) is 4.03. The van der Waals surface area contributed by atoms with Crippen LogP contribution in [0, 0.1) is 5.92 Å². The molecule has 1 unspecified atom stereocenters. The number of nitrogen functional groups attached to an aromatic ring is 1. The standard InChI is InChI=1S/C20H25N3O4/c1-20(2,3)27-19(24)23-17(21)13-16(22-23)12-15(18-25-9-10-26-18)11-14-7-5-4-6-8-14/h4-10,13,15,18H,11-12,21H2,1-3H3. The Balaban J connectivity index is 1.75. The maximum atomic E-state index is 12.3. The van der Waals surface area contributed by atoms with Gasteiger partial charge >= 0.3 is 6.09 Å². The second-order valence-corrected chi connectivity index (χ2v) is 7.52. The van der Waals surface area contributed by atoms with Crippen LogP contribution in [-0.2, 0) is 27.1 Å². The van der Waals surface area contributed by atoms with Crippen molar-refractivity contribution in [2.45, 2.75) is 45.5 Å². The Kier molecular flexibility index (Phi) is 5.39. The van der Waals surface area contributed by atoms with Crippen LogP contribution in [-0.4, -0.2) is 27.8 Å². The lowest BCUT2D eigenvalue weighted by Gasteiger charge is -2.22. The Hall–Kier alpha value is -2.96. The molecule has 0 aliphatic carbocycles.